The van der Waals surface area contributed by atoms with Crippen molar-refractivity contribution in [3.63, 3.8) is 0 Å². The van der Waals surface area contributed by atoms with E-state index in [0.29, 0.717) is 5.69 Å². The van der Waals surface area contributed by atoms with Gasteiger partial charge in [0.1, 0.15) is 5.69 Å². The first-order valence-electron chi connectivity index (χ1n) is 4.68. The van der Waals surface area contributed by atoms with Gasteiger partial charge in [-0.3, -0.25) is 9.97 Å². The molecule has 2 rings (SSSR count). The van der Waals surface area contributed by atoms with Gasteiger partial charge in [-0.05, 0) is 36.0 Å². The molecule has 0 unspecified atom stereocenters. The van der Waals surface area contributed by atoms with Gasteiger partial charge in [-0.15, -0.1) is 0 Å². The number of nitrogens with zero attached hydrogens (tertiary/aromatic N) is 2. The number of alkyl halides is 3. The molecule has 0 N–H and O–H groups in total. The van der Waals surface area contributed by atoms with Crippen LogP contribution >= 0.6 is 11.8 Å². The minimum atomic E-state index is -4.33. The van der Waals surface area contributed by atoms with Gasteiger partial charge in [0.2, 0.25) is 0 Å². The molecule has 2 aromatic heterocycles. The maximum atomic E-state index is 12.4. The van der Waals surface area contributed by atoms with Crippen molar-refractivity contribution in [2.75, 3.05) is 0 Å². The average molecular weight is 320 g/mol. The van der Waals surface area contributed by atoms with E-state index in [2.05, 4.69) is 9.97 Å². The van der Waals surface area contributed by atoms with Crippen LogP contribution in [0.1, 0.15) is 0 Å². The van der Waals surface area contributed by atoms with E-state index in [1.807, 2.05) is 0 Å². The second-order valence-corrected chi connectivity index (χ2v) is 4.22. The van der Waals surface area contributed by atoms with Gasteiger partial charge in [-0.25, -0.2) is 0 Å². The van der Waals surface area contributed by atoms with Crippen LogP contribution in [0, 0.1) is 0 Å². The standard InChI is InChI=1S/C11H7F3N2S.Cu/c12-11(13,14)17-9-5-3-7-16-10(9)8-4-1-2-6-15-8;/h1-7H;. The van der Waals surface area contributed by atoms with Gasteiger partial charge in [-0.1, -0.05) is 6.07 Å². The van der Waals surface area contributed by atoms with Gasteiger partial charge in [0, 0.05) is 34.4 Å². The molecule has 0 spiro atoms. The second kappa shape index (κ2) is 6.22. The van der Waals surface area contributed by atoms with E-state index in [0.717, 1.165) is 0 Å². The molecule has 0 bridgehead atoms. The van der Waals surface area contributed by atoms with Gasteiger partial charge < -0.3 is 0 Å². The Labute approximate surface area is 117 Å². The second-order valence-electron chi connectivity index (χ2n) is 3.11. The molecule has 0 aliphatic rings. The molecule has 0 saturated carbocycles. The van der Waals surface area contributed by atoms with E-state index in [1.165, 1.54) is 24.5 Å². The molecule has 0 aromatic carbocycles. The van der Waals surface area contributed by atoms with Crippen molar-refractivity contribution in [3.05, 3.63) is 42.7 Å². The summed E-state index contributed by atoms with van der Waals surface area (Å²) in [5.74, 6) is 0. The van der Waals surface area contributed by atoms with Crippen LogP contribution in [-0.2, 0) is 17.1 Å². The zero-order valence-corrected chi connectivity index (χ0v) is 10.5. The first-order chi connectivity index (χ1) is 8.06. The SMILES string of the molecule is FC(F)(F)Sc1cccnc1-c1ccccn1.[Cu]. The van der Waals surface area contributed by atoms with Crippen molar-refractivity contribution < 1.29 is 30.2 Å². The van der Waals surface area contributed by atoms with Gasteiger partial charge in [0.05, 0.1) is 5.69 Å². The summed E-state index contributed by atoms with van der Waals surface area (Å²) in [6.07, 6.45) is 2.97. The van der Waals surface area contributed by atoms with Gasteiger partial charge >= 0.3 is 5.51 Å². The zero-order chi connectivity index (χ0) is 12.3. The average Bonchev–Trinajstić information content (AvgIpc) is 2.29. The molecule has 18 heavy (non-hydrogen) atoms. The third-order valence-corrected chi connectivity index (χ3v) is 2.68. The van der Waals surface area contributed by atoms with E-state index in [4.69, 9.17) is 0 Å². The third-order valence-electron chi connectivity index (χ3n) is 1.90. The smallest absolute Gasteiger partial charge is 0.255 e. The Balaban J connectivity index is 0.00000162. The maximum Gasteiger partial charge on any atom is 0.446 e. The largest absolute Gasteiger partial charge is 0.446 e. The monoisotopic (exact) mass is 319 g/mol. The minimum absolute atomic E-state index is 0. The fourth-order valence-corrected chi connectivity index (χ4v) is 1.94. The van der Waals surface area contributed by atoms with Gasteiger partial charge in [0.25, 0.3) is 0 Å². The molecule has 0 amide bonds. The number of rotatable bonds is 2. The summed E-state index contributed by atoms with van der Waals surface area (Å²) in [6, 6.07) is 7.89. The third kappa shape index (κ3) is 4.01. The predicted molar refractivity (Wildman–Crippen MR) is 59.4 cm³/mol. The first kappa shape index (κ1) is 15.0. The molecular weight excluding hydrogens is 313 g/mol. The van der Waals surface area contributed by atoms with E-state index < -0.39 is 5.51 Å². The van der Waals surface area contributed by atoms with Gasteiger partial charge in [0.15, 0.2) is 0 Å². The Morgan fingerprint density at radius 1 is 0.944 bits per heavy atom. The number of aromatic nitrogens is 2. The molecule has 0 aliphatic carbocycles. The summed E-state index contributed by atoms with van der Waals surface area (Å²) in [5.41, 5.74) is -3.65. The van der Waals surface area contributed by atoms with Crippen molar-refractivity contribution in [1.29, 1.82) is 0 Å². The molecule has 0 saturated heterocycles. The van der Waals surface area contributed by atoms with Crippen molar-refractivity contribution in [3.8, 4) is 11.4 Å². The quantitative estimate of drug-likeness (QED) is 0.623. The molecule has 7 heteroatoms. The van der Waals surface area contributed by atoms with Crippen LogP contribution in [0.2, 0.25) is 0 Å². The fraction of sp³-hybridized carbons (Fsp3) is 0.0909. The van der Waals surface area contributed by atoms with Crippen LogP contribution in [0.5, 0.6) is 0 Å². The molecule has 2 aromatic rings. The molecule has 0 atom stereocenters. The number of halogens is 3. The first-order valence-corrected chi connectivity index (χ1v) is 5.50. The van der Waals surface area contributed by atoms with Crippen molar-refractivity contribution >= 4 is 11.8 Å². The van der Waals surface area contributed by atoms with Crippen molar-refractivity contribution in [1.82, 2.24) is 9.97 Å². The van der Waals surface area contributed by atoms with Crippen LogP contribution in [0.25, 0.3) is 11.4 Å². The fourth-order valence-electron chi connectivity index (χ4n) is 1.29. The summed E-state index contributed by atoms with van der Waals surface area (Å²) in [5, 5.41) is 0. The molecule has 1 radical (unpaired) electrons. The summed E-state index contributed by atoms with van der Waals surface area (Å²) >= 11 is -0.180. The van der Waals surface area contributed by atoms with Crippen LogP contribution < -0.4 is 0 Å². The molecule has 99 valence electrons. The Kier molecular flexibility index (Phi) is 5.19. The molecule has 2 heterocycles. The van der Waals surface area contributed by atoms with E-state index in [1.54, 1.807) is 18.2 Å². The summed E-state index contributed by atoms with van der Waals surface area (Å²) in [4.78, 5) is 8.00. The Hall–Kier alpha value is -1.04. The predicted octanol–water partition coefficient (Wildman–Crippen LogP) is 3.75. The summed E-state index contributed by atoms with van der Waals surface area (Å²) in [7, 11) is 0. The van der Waals surface area contributed by atoms with E-state index in [9.17, 15) is 13.2 Å². The van der Waals surface area contributed by atoms with Crippen LogP contribution in [0.3, 0.4) is 0 Å². The maximum absolute atomic E-state index is 12.4. The van der Waals surface area contributed by atoms with Crippen molar-refractivity contribution in [2.45, 2.75) is 10.4 Å². The summed E-state index contributed by atoms with van der Waals surface area (Å²) < 4.78 is 37.1. The molecule has 0 fully saturated rings. The van der Waals surface area contributed by atoms with Crippen molar-refractivity contribution in [2.24, 2.45) is 0 Å². The topological polar surface area (TPSA) is 25.8 Å². The minimum Gasteiger partial charge on any atom is -0.255 e. The Morgan fingerprint density at radius 3 is 2.28 bits per heavy atom. The Morgan fingerprint density at radius 2 is 1.67 bits per heavy atom. The Bertz CT molecular complexity index is 505. The number of thioether (sulfide) groups is 1. The number of pyridine rings is 2. The normalized spacial score (nSPS) is 10.8. The summed E-state index contributed by atoms with van der Waals surface area (Å²) in [6.45, 7) is 0. The van der Waals surface area contributed by atoms with Crippen LogP contribution in [0.4, 0.5) is 13.2 Å². The molecule has 0 aliphatic heterocycles. The number of hydrogen-bond acceptors (Lipinski definition) is 3. The van der Waals surface area contributed by atoms with E-state index in [-0.39, 0.29) is 39.4 Å². The molecular formula is C11H7CuF3N2S. The number of hydrogen-bond donors (Lipinski definition) is 0. The van der Waals surface area contributed by atoms with Gasteiger partial charge in [-0.2, -0.15) is 13.2 Å². The zero-order valence-electron chi connectivity index (χ0n) is 8.78. The van der Waals surface area contributed by atoms with E-state index >= 15 is 0 Å². The molecule has 2 nitrogen and oxygen atoms in total. The van der Waals surface area contributed by atoms with Crippen LogP contribution in [0.15, 0.2) is 47.6 Å². The van der Waals surface area contributed by atoms with Crippen LogP contribution in [-0.4, -0.2) is 15.5 Å².